The molecule has 2 amide bonds. The Morgan fingerprint density at radius 3 is 2.12 bits per heavy atom. The van der Waals surface area contributed by atoms with Gasteiger partial charge in [0.05, 0.1) is 5.56 Å². The Morgan fingerprint density at radius 1 is 0.923 bits per heavy atom. The Hall–Kier alpha value is -3.15. The predicted octanol–water partition coefficient (Wildman–Crippen LogP) is 2.85. The summed E-state index contributed by atoms with van der Waals surface area (Å²) in [4.78, 5) is 34.8. The third kappa shape index (κ3) is 4.92. The molecule has 0 aromatic heterocycles. The highest BCUT2D eigenvalue weighted by Gasteiger charge is 2.23. The number of anilines is 1. The predicted molar refractivity (Wildman–Crippen MR) is 97.3 cm³/mol. The first-order chi connectivity index (χ1) is 12.5. The molecule has 0 heterocycles. The van der Waals surface area contributed by atoms with Crippen LogP contribution in [0.5, 0.6) is 0 Å². The molecular formula is C20H20N2O4. The number of carboxylic acid groups (broad SMARTS) is 1. The lowest BCUT2D eigenvalue weighted by atomic mass is 10.1. The highest BCUT2D eigenvalue weighted by atomic mass is 16.4. The molecule has 0 atom stereocenters. The number of hydrogen-bond donors (Lipinski definition) is 3. The van der Waals surface area contributed by atoms with Crippen LogP contribution in [0.1, 0.15) is 45.5 Å². The molecule has 0 aliphatic heterocycles. The van der Waals surface area contributed by atoms with Gasteiger partial charge >= 0.3 is 5.97 Å². The zero-order valence-electron chi connectivity index (χ0n) is 14.2. The molecule has 1 fully saturated rings. The molecule has 6 heteroatoms. The number of carboxylic acids is 1. The Morgan fingerprint density at radius 2 is 1.54 bits per heavy atom. The topological polar surface area (TPSA) is 95.5 Å². The molecule has 0 radical (unpaired) electrons. The van der Waals surface area contributed by atoms with Crippen molar-refractivity contribution in [3.63, 3.8) is 0 Å². The molecule has 6 nitrogen and oxygen atoms in total. The maximum Gasteiger partial charge on any atom is 0.335 e. The summed E-state index contributed by atoms with van der Waals surface area (Å²) < 4.78 is 0. The molecule has 1 saturated carbocycles. The third-order valence-electron chi connectivity index (χ3n) is 4.19. The standard InChI is InChI=1S/C20H20N2O4/c23-18(12-3-13-1-4-15(5-2-13)20(25)26)21-16-8-6-14(7-9-16)19(24)22-17-10-11-17/h1-2,4-9,17H,3,10-12H2,(H,21,23)(H,22,24)(H,25,26). The second-order valence-electron chi connectivity index (χ2n) is 6.38. The Kier molecular flexibility index (Phi) is 5.31. The number of aromatic carboxylic acids is 1. The lowest BCUT2D eigenvalue weighted by molar-refractivity contribution is -0.116. The zero-order valence-corrected chi connectivity index (χ0v) is 14.2. The number of benzene rings is 2. The van der Waals surface area contributed by atoms with E-state index in [9.17, 15) is 14.4 Å². The Balaban J connectivity index is 1.48. The van der Waals surface area contributed by atoms with Crippen molar-refractivity contribution in [3.05, 3.63) is 65.2 Å². The van der Waals surface area contributed by atoms with Crippen molar-refractivity contribution in [2.75, 3.05) is 5.32 Å². The first-order valence-corrected chi connectivity index (χ1v) is 8.54. The molecule has 0 saturated heterocycles. The third-order valence-corrected chi connectivity index (χ3v) is 4.19. The van der Waals surface area contributed by atoms with Gasteiger partial charge in [0, 0.05) is 23.7 Å². The van der Waals surface area contributed by atoms with Crippen LogP contribution < -0.4 is 10.6 Å². The smallest absolute Gasteiger partial charge is 0.335 e. The van der Waals surface area contributed by atoms with Crippen LogP contribution in [0.15, 0.2) is 48.5 Å². The summed E-state index contributed by atoms with van der Waals surface area (Å²) in [5.74, 6) is -1.19. The molecule has 2 aromatic rings. The maximum absolute atomic E-state index is 12.0. The van der Waals surface area contributed by atoms with Gasteiger partial charge in [-0.3, -0.25) is 9.59 Å². The first-order valence-electron chi connectivity index (χ1n) is 8.54. The van der Waals surface area contributed by atoms with Gasteiger partial charge in [-0.15, -0.1) is 0 Å². The SMILES string of the molecule is O=C(CCc1ccc(C(=O)O)cc1)Nc1ccc(C(=O)NC2CC2)cc1. The number of carbonyl (C=O) groups excluding carboxylic acids is 2. The largest absolute Gasteiger partial charge is 0.478 e. The van der Waals surface area contributed by atoms with Crippen LogP contribution in [0.25, 0.3) is 0 Å². The maximum atomic E-state index is 12.0. The van der Waals surface area contributed by atoms with Crippen molar-refractivity contribution in [1.82, 2.24) is 5.32 Å². The van der Waals surface area contributed by atoms with Gasteiger partial charge < -0.3 is 15.7 Å². The van der Waals surface area contributed by atoms with Crippen molar-refractivity contribution in [2.45, 2.75) is 31.7 Å². The molecule has 2 aromatic carbocycles. The van der Waals surface area contributed by atoms with E-state index in [2.05, 4.69) is 10.6 Å². The fourth-order valence-electron chi connectivity index (χ4n) is 2.50. The van der Waals surface area contributed by atoms with Gasteiger partial charge in [0.25, 0.3) is 5.91 Å². The van der Waals surface area contributed by atoms with E-state index in [1.54, 1.807) is 36.4 Å². The number of nitrogens with one attached hydrogen (secondary N) is 2. The van der Waals surface area contributed by atoms with Crippen molar-refractivity contribution in [1.29, 1.82) is 0 Å². The van der Waals surface area contributed by atoms with E-state index in [0.717, 1.165) is 18.4 Å². The van der Waals surface area contributed by atoms with Gasteiger partial charge in [-0.05, 0) is 61.2 Å². The molecule has 3 N–H and O–H groups in total. The molecule has 1 aliphatic rings. The minimum atomic E-state index is -0.969. The minimum Gasteiger partial charge on any atom is -0.478 e. The van der Waals surface area contributed by atoms with Crippen LogP contribution in [0.2, 0.25) is 0 Å². The lowest BCUT2D eigenvalue weighted by Gasteiger charge is -2.07. The summed E-state index contributed by atoms with van der Waals surface area (Å²) in [6.45, 7) is 0. The van der Waals surface area contributed by atoms with Crippen LogP contribution >= 0.6 is 0 Å². The fraction of sp³-hybridized carbons (Fsp3) is 0.250. The van der Waals surface area contributed by atoms with Gasteiger partial charge in [0.1, 0.15) is 0 Å². The summed E-state index contributed by atoms with van der Waals surface area (Å²) >= 11 is 0. The lowest BCUT2D eigenvalue weighted by Crippen LogP contribution is -2.25. The average Bonchev–Trinajstić information content (AvgIpc) is 3.45. The fourth-order valence-corrected chi connectivity index (χ4v) is 2.50. The van der Waals surface area contributed by atoms with Gasteiger partial charge in [-0.1, -0.05) is 12.1 Å². The molecule has 0 spiro atoms. The summed E-state index contributed by atoms with van der Waals surface area (Å²) in [7, 11) is 0. The Labute approximate surface area is 151 Å². The van der Waals surface area contributed by atoms with E-state index in [1.165, 1.54) is 12.1 Å². The van der Waals surface area contributed by atoms with Crippen LogP contribution in [0, 0.1) is 0 Å². The van der Waals surface area contributed by atoms with Crippen LogP contribution in [-0.4, -0.2) is 28.9 Å². The van der Waals surface area contributed by atoms with Gasteiger partial charge in [0.2, 0.25) is 5.91 Å². The number of amides is 2. The van der Waals surface area contributed by atoms with E-state index in [0.29, 0.717) is 23.7 Å². The molecule has 3 rings (SSSR count). The number of rotatable bonds is 7. The van der Waals surface area contributed by atoms with Gasteiger partial charge in [-0.2, -0.15) is 0 Å². The molecule has 0 unspecified atom stereocenters. The summed E-state index contributed by atoms with van der Waals surface area (Å²) in [6, 6.07) is 13.6. The molecule has 0 bridgehead atoms. The van der Waals surface area contributed by atoms with Gasteiger partial charge in [0.15, 0.2) is 0 Å². The van der Waals surface area contributed by atoms with Crippen molar-refractivity contribution in [3.8, 4) is 0 Å². The van der Waals surface area contributed by atoms with E-state index < -0.39 is 5.97 Å². The zero-order chi connectivity index (χ0) is 18.5. The van der Waals surface area contributed by atoms with Crippen LogP contribution in [-0.2, 0) is 11.2 Å². The molecule has 134 valence electrons. The van der Waals surface area contributed by atoms with Crippen LogP contribution in [0.4, 0.5) is 5.69 Å². The minimum absolute atomic E-state index is 0.0878. The normalized spacial score (nSPS) is 13.1. The molecule has 1 aliphatic carbocycles. The van der Waals surface area contributed by atoms with Gasteiger partial charge in [-0.25, -0.2) is 4.79 Å². The van der Waals surface area contributed by atoms with Crippen molar-refractivity contribution < 1.29 is 19.5 Å². The van der Waals surface area contributed by atoms with E-state index in [4.69, 9.17) is 5.11 Å². The molecular weight excluding hydrogens is 332 g/mol. The highest BCUT2D eigenvalue weighted by Crippen LogP contribution is 2.19. The number of hydrogen-bond acceptors (Lipinski definition) is 3. The average molecular weight is 352 g/mol. The van der Waals surface area contributed by atoms with E-state index in [1.807, 2.05) is 0 Å². The van der Waals surface area contributed by atoms with Crippen molar-refractivity contribution in [2.24, 2.45) is 0 Å². The quantitative estimate of drug-likeness (QED) is 0.714. The molecule has 26 heavy (non-hydrogen) atoms. The first kappa shape index (κ1) is 17.7. The highest BCUT2D eigenvalue weighted by molar-refractivity contribution is 5.96. The number of carbonyl (C=O) groups is 3. The second-order valence-corrected chi connectivity index (χ2v) is 6.38. The summed E-state index contributed by atoms with van der Waals surface area (Å²) in [5.41, 5.74) is 2.34. The summed E-state index contributed by atoms with van der Waals surface area (Å²) in [6.07, 6.45) is 2.89. The number of aryl methyl sites for hydroxylation is 1. The second kappa shape index (κ2) is 7.82. The van der Waals surface area contributed by atoms with E-state index in [-0.39, 0.29) is 23.8 Å². The van der Waals surface area contributed by atoms with Crippen LogP contribution in [0.3, 0.4) is 0 Å². The van der Waals surface area contributed by atoms with E-state index >= 15 is 0 Å². The summed E-state index contributed by atoms with van der Waals surface area (Å²) in [5, 5.41) is 14.6. The van der Waals surface area contributed by atoms with Crippen molar-refractivity contribution >= 4 is 23.5 Å². The Bertz CT molecular complexity index is 809. The monoisotopic (exact) mass is 352 g/mol.